The number of hydrogen-bond acceptors (Lipinski definition) is 4. The van der Waals surface area contributed by atoms with Gasteiger partial charge in [-0.15, -0.1) is 0 Å². The molecule has 25 heavy (non-hydrogen) atoms. The number of hydrogen-bond donors (Lipinski definition) is 0. The van der Waals surface area contributed by atoms with Crippen LogP contribution < -0.4 is 4.74 Å². The second-order valence-corrected chi connectivity index (χ2v) is 5.78. The van der Waals surface area contributed by atoms with E-state index in [4.69, 9.17) is 27.9 Å². The van der Waals surface area contributed by atoms with Gasteiger partial charge in [-0.2, -0.15) is 0 Å². The minimum Gasteiger partial charge on any atom is -0.480 e. The Labute approximate surface area is 153 Å². The molecule has 0 saturated heterocycles. The molecule has 1 aromatic carbocycles. The van der Waals surface area contributed by atoms with E-state index in [0.29, 0.717) is 33.7 Å². The Bertz CT molecular complexity index is 964. The van der Waals surface area contributed by atoms with E-state index in [1.54, 1.807) is 30.3 Å². The average molecular weight is 377 g/mol. The first kappa shape index (κ1) is 17.3. The highest BCUT2D eigenvalue weighted by atomic mass is 35.5. The van der Waals surface area contributed by atoms with E-state index in [0.717, 1.165) is 0 Å². The monoisotopic (exact) mass is 376 g/mol. The second-order valence-electron chi connectivity index (χ2n) is 5.04. The molecule has 0 radical (unpaired) electrons. The molecule has 2 heterocycles. The molecule has 0 atom stereocenters. The second kappa shape index (κ2) is 7.17. The van der Waals surface area contributed by atoms with Crippen molar-refractivity contribution in [1.29, 1.82) is 0 Å². The van der Waals surface area contributed by atoms with Gasteiger partial charge in [-0.1, -0.05) is 41.4 Å². The zero-order valence-electron chi connectivity index (χ0n) is 13.0. The Balaban J connectivity index is 2.17. The number of rotatable bonds is 4. The molecule has 0 unspecified atom stereocenters. The molecule has 0 spiro atoms. The van der Waals surface area contributed by atoms with Crippen LogP contribution in [-0.4, -0.2) is 23.4 Å². The highest BCUT2D eigenvalue weighted by molar-refractivity contribution is 6.36. The molecule has 7 heteroatoms. The molecular formula is C18H11Cl2FN2O2. The quantitative estimate of drug-likeness (QED) is 0.470. The van der Waals surface area contributed by atoms with Crippen molar-refractivity contribution in [3.8, 4) is 28.3 Å². The van der Waals surface area contributed by atoms with Gasteiger partial charge in [-0.05, 0) is 18.2 Å². The molecule has 0 bridgehead atoms. The largest absolute Gasteiger partial charge is 0.480 e. The Morgan fingerprint density at radius 3 is 2.56 bits per heavy atom. The van der Waals surface area contributed by atoms with E-state index in [-0.39, 0.29) is 16.6 Å². The van der Waals surface area contributed by atoms with E-state index in [9.17, 15) is 9.18 Å². The maximum Gasteiger partial charge on any atom is 0.224 e. The van der Waals surface area contributed by atoms with Gasteiger partial charge in [0.15, 0.2) is 17.3 Å². The highest BCUT2D eigenvalue weighted by Crippen LogP contribution is 2.38. The summed E-state index contributed by atoms with van der Waals surface area (Å²) >= 11 is 12.2. The number of carbonyl (C=O) groups is 1. The number of nitrogens with zero attached hydrogens (tertiary/aromatic N) is 2. The van der Waals surface area contributed by atoms with Gasteiger partial charge in [-0.3, -0.25) is 4.79 Å². The summed E-state index contributed by atoms with van der Waals surface area (Å²) in [4.78, 5) is 19.0. The molecule has 0 N–H and O–H groups in total. The number of benzene rings is 1. The van der Waals surface area contributed by atoms with Crippen molar-refractivity contribution in [2.45, 2.75) is 0 Å². The molecule has 0 fully saturated rings. The third-order valence-electron chi connectivity index (χ3n) is 3.62. The van der Waals surface area contributed by atoms with Crippen molar-refractivity contribution in [1.82, 2.24) is 9.97 Å². The molecule has 0 aliphatic carbocycles. The highest BCUT2D eigenvalue weighted by Gasteiger charge is 2.17. The van der Waals surface area contributed by atoms with Gasteiger partial charge >= 0.3 is 0 Å². The number of aromatic nitrogens is 2. The van der Waals surface area contributed by atoms with Crippen LogP contribution in [0.3, 0.4) is 0 Å². The molecule has 2 aromatic heterocycles. The van der Waals surface area contributed by atoms with E-state index >= 15 is 0 Å². The van der Waals surface area contributed by atoms with Gasteiger partial charge < -0.3 is 4.74 Å². The fraction of sp³-hybridized carbons (Fsp3) is 0.0556. The molecular weight excluding hydrogens is 366 g/mol. The first-order valence-electron chi connectivity index (χ1n) is 7.16. The Hall–Kier alpha value is -2.50. The van der Waals surface area contributed by atoms with E-state index < -0.39 is 5.82 Å². The summed E-state index contributed by atoms with van der Waals surface area (Å²) in [5.74, 6) is -0.461. The lowest BCUT2D eigenvalue weighted by Crippen LogP contribution is -1.96. The summed E-state index contributed by atoms with van der Waals surface area (Å²) < 4.78 is 19.4. The fourth-order valence-corrected chi connectivity index (χ4v) is 2.90. The van der Waals surface area contributed by atoms with Crippen LogP contribution in [0.4, 0.5) is 4.39 Å². The van der Waals surface area contributed by atoms with Crippen LogP contribution in [0.25, 0.3) is 22.4 Å². The van der Waals surface area contributed by atoms with Crippen molar-refractivity contribution in [2.24, 2.45) is 0 Å². The zero-order chi connectivity index (χ0) is 18.0. The van der Waals surface area contributed by atoms with Gasteiger partial charge in [0.2, 0.25) is 5.88 Å². The van der Waals surface area contributed by atoms with Crippen molar-refractivity contribution >= 4 is 29.5 Å². The Morgan fingerprint density at radius 2 is 1.84 bits per heavy atom. The normalized spacial score (nSPS) is 10.6. The lowest BCUT2D eigenvalue weighted by Gasteiger charge is -2.12. The third-order valence-corrected chi connectivity index (χ3v) is 4.29. The van der Waals surface area contributed by atoms with Crippen LogP contribution in [0.2, 0.25) is 10.2 Å². The number of aldehydes is 1. The first-order valence-corrected chi connectivity index (χ1v) is 7.92. The lowest BCUT2D eigenvalue weighted by molar-refractivity contribution is 0.112. The number of methoxy groups -OCH3 is 1. The van der Waals surface area contributed by atoms with E-state index in [2.05, 4.69) is 9.97 Å². The Morgan fingerprint density at radius 1 is 1.08 bits per heavy atom. The molecule has 4 nitrogen and oxygen atoms in total. The SMILES string of the molecule is COc1nc(-c2cccc(-c3ccnc(Cl)c3F)c2Cl)ccc1C=O. The first-order chi connectivity index (χ1) is 12.1. The molecule has 0 aliphatic rings. The van der Waals surface area contributed by atoms with Crippen molar-refractivity contribution in [3.63, 3.8) is 0 Å². The Kier molecular flexibility index (Phi) is 4.97. The van der Waals surface area contributed by atoms with Crippen LogP contribution in [0.15, 0.2) is 42.6 Å². The summed E-state index contributed by atoms with van der Waals surface area (Å²) in [6.07, 6.45) is 2.06. The minimum atomic E-state index is -0.648. The van der Waals surface area contributed by atoms with Crippen LogP contribution in [0.1, 0.15) is 10.4 Å². The molecule has 0 aliphatic heterocycles. The lowest BCUT2D eigenvalue weighted by atomic mass is 10.0. The van der Waals surface area contributed by atoms with Gasteiger partial charge in [0.1, 0.15) is 0 Å². The number of pyridine rings is 2. The van der Waals surface area contributed by atoms with E-state index in [1.165, 1.54) is 19.4 Å². The van der Waals surface area contributed by atoms with Crippen LogP contribution in [0.5, 0.6) is 5.88 Å². The number of ether oxygens (including phenoxy) is 1. The zero-order valence-corrected chi connectivity index (χ0v) is 14.5. The molecule has 0 saturated carbocycles. The summed E-state index contributed by atoms with van der Waals surface area (Å²) in [5.41, 5.74) is 2.09. The van der Waals surface area contributed by atoms with Gasteiger partial charge in [-0.25, -0.2) is 14.4 Å². The standard InChI is InChI=1S/C18H11Cl2FN2O2/c1-25-18-10(9-24)5-6-14(23-18)13-4-2-3-11(15(13)19)12-7-8-22-17(20)16(12)21/h2-9H,1H3. The molecule has 3 aromatic rings. The van der Waals surface area contributed by atoms with Gasteiger partial charge in [0, 0.05) is 22.9 Å². The summed E-state index contributed by atoms with van der Waals surface area (Å²) in [6, 6.07) is 9.88. The van der Waals surface area contributed by atoms with Gasteiger partial charge in [0.25, 0.3) is 0 Å². The topological polar surface area (TPSA) is 52.1 Å². The summed E-state index contributed by atoms with van der Waals surface area (Å²) in [6.45, 7) is 0. The smallest absolute Gasteiger partial charge is 0.224 e. The minimum absolute atomic E-state index is 0.187. The van der Waals surface area contributed by atoms with Crippen molar-refractivity contribution in [2.75, 3.05) is 7.11 Å². The predicted octanol–water partition coefficient (Wildman–Crippen LogP) is 5.08. The number of carbonyl (C=O) groups excluding carboxylic acids is 1. The molecule has 3 rings (SSSR count). The maximum atomic E-state index is 14.3. The number of halogens is 3. The van der Waals surface area contributed by atoms with E-state index in [1.807, 2.05) is 0 Å². The third kappa shape index (κ3) is 3.21. The van der Waals surface area contributed by atoms with Gasteiger partial charge in [0.05, 0.1) is 23.4 Å². The van der Waals surface area contributed by atoms with Crippen LogP contribution in [0, 0.1) is 5.82 Å². The molecule has 126 valence electrons. The van der Waals surface area contributed by atoms with Crippen LogP contribution in [-0.2, 0) is 0 Å². The predicted molar refractivity (Wildman–Crippen MR) is 94.8 cm³/mol. The maximum absolute atomic E-state index is 14.3. The van der Waals surface area contributed by atoms with Crippen LogP contribution >= 0.6 is 23.2 Å². The fourth-order valence-electron chi connectivity index (χ4n) is 2.42. The summed E-state index contributed by atoms with van der Waals surface area (Å²) in [5, 5.41) is 0.0752. The average Bonchev–Trinajstić information content (AvgIpc) is 2.64. The summed E-state index contributed by atoms with van der Waals surface area (Å²) in [7, 11) is 1.42. The molecule has 0 amide bonds. The van der Waals surface area contributed by atoms with Crippen molar-refractivity contribution < 1.29 is 13.9 Å². The van der Waals surface area contributed by atoms with Crippen molar-refractivity contribution in [3.05, 3.63) is 64.2 Å².